The summed E-state index contributed by atoms with van der Waals surface area (Å²) in [5.74, 6) is -1.03. The average Bonchev–Trinajstić information content (AvgIpc) is 2.55. The maximum absolute atomic E-state index is 12.6. The Bertz CT molecular complexity index is 781. The molecule has 0 aromatic heterocycles. The molecule has 0 spiro atoms. The van der Waals surface area contributed by atoms with Crippen LogP contribution in [0.1, 0.15) is 32.8 Å². The van der Waals surface area contributed by atoms with Gasteiger partial charge in [0, 0.05) is 17.7 Å². The number of dihydropyridines is 1. The Balaban J connectivity index is 2.57. The van der Waals surface area contributed by atoms with Gasteiger partial charge < -0.3 is 14.8 Å². The third-order valence-corrected chi connectivity index (χ3v) is 4.48. The van der Waals surface area contributed by atoms with E-state index in [9.17, 15) is 9.59 Å². The minimum absolute atomic E-state index is 0.0786. The van der Waals surface area contributed by atoms with Crippen molar-refractivity contribution >= 4 is 40.8 Å². The molecule has 0 saturated heterocycles. The number of ether oxygens (including phenoxy) is 2. The molecule has 2 rings (SSSR count). The number of allylic oxidation sites excluding steroid dienone is 1. The predicted octanol–water partition coefficient (Wildman–Crippen LogP) is 4.10. The minimum Gasteiger partial charge on any atom is -0.466 e. The molecule has 1 N–H and O–H groups in total. The van der Waals surface area contributed by atoms with Crippen LogP contribution in [0, 0.1) is 0 Å². The smallest absolute Gasteiger partial charge is 0.336 e. The van der Waals surface area contributed by atoms with Gasteiger partial charge in [-0.3, -0.25) is 0 Å². The Morgan fingerprint density at radius 2 is 1.84 bits per heavy atom. The van der Waals surface area contributed by atoms with E-state index in [1.54, 1.807) is 39.0 Å². The molecule has 0 aliphatic carbocycles. The van der Waals surface area contributed by atoms with Gasteiger partial charge in [-0.05, 0) is 26.8 Å². The van der Waals surface area contributed by atoms with Crippen molar-refractivity contribution in [2.75, 3.05) is 7.11 Å². The molecule has 25 heavy (non-hydrogen) atoms. The molecule has 0 bridgehead atoms. The first-order valence-electron chi connectivity index (χ1n) is 7.69. The molecule has 0 fully saturated rings. The molecule has 1 aromatic rings. The number of hydrogen-bond donors (Lipinski definition) is 1. The van der Waals surface area contributed by atoms with Crippen LogP contribution in [0.4, 0.5) is 0 Å². The summed E-state index contributed by atoms with van der Waals surface area (Å²) in [4.78, 5) is 24.6. The monoisotopic (exact) mass is 383 g/mol. The number of halogens is 2. The first kappa shape index (κ1) is 19.3. The fourth-order valence-electron chi connectivity index (χ4n) is 2.47. The van der Waals surface area contributed by atoms with Gasteiger partial charge in [-0.1, -0.05) is 35.3 Å². The number of esters is 2. The molecule has 0 unspecified atom stereocenters. The number of methoxy groups -OCH3 is 1. The maximum Gasteiger partial charge on any atom is 0.336 e. The van der Waals surface area contributed by atoms with Gasteiger partial charge in [-0.15, -0.1) is 0 Å². The van der Waals surface area contributed by atoms with Gasteiger partial charge in [0.2, 0.25) is 0 Å². The summed E-state index contributed by atoms with van der Waals surface area (Å²) < 4.78 is 10.1. The summed E-state index contributed by atoms with van der Waals surface area (Å²) >= 11 is 12.4. The molecular weight excluding hydrogens is 365 g/mol. The van der Waals surface area contributed by atoms with Crippen molar-refractivity contribution in [2.45, 2.75) is 33.3 Å². The summed E-state index contributed by atoms with van der Waals surface area (Å²) in [6.45, 7) is 5.24. The number of benzene rings is 1. The lowest BCUT2D eigenvalue weighted by molar-refractivity contribution is -0.142. The highest BCUT2D eigenvalue weighted by molar-refractivity contribution is 6.43. The van der Waals surface area contributed by atoms with E-state index in [2.05, 4.69) is 5.32 Å². The number of carbonyl (C=O) groups is 2. The zero-order valence-corrected chi connectivity index (χ0v) is 15.9. The average molecular weight is 384 g/mol. The highest BCUT2D eigenvalue weighted by atomic mass is 35.5. The molecular formula is C18H19Cl2NO4. The summed E-state index contributed by atoms with van der Waals surface area (Å²) in [7, 11) is 1.29. The number of nitrogens with one attached hydrogen (secondary N) is 1. The first-order valence-corrected chi connectivity index (χ1v) is 8.45. The number of hydrogen-bond acceptors (Lipinski definition) is 5. The van der Waals surface area contributed by atoms with Crippen molar-refractivity contribution in [1.29, 1.82) is 0 Å². The van der Waals surface area contributed by atoms with Crippen LogP contribution in [-0.4, -0.2) is 25.2 Å². The van der Waals surface area contributed by atoms with E-state index >= 15 is 0 Å². The van der Waals surface area contributed by atoms with Crippen LogP contribution < -0.4 is 5.32 Å². The van der Waals surface area contributed by atoms with Gasteiger partial charge >= 0.3 is 11.9 Å². The Kier molecular flexibility index (Phi) is 6.14. The van der Waals surface area contributed by atoms with Crippen LogP contribution in [-0.2, 0) is 19.1 Å². The summed E-state index contributed by atoms with van der Waals surface area (Å²) in [6, 6.07) is 5.14. The molecule has 1 aromatic carbocycles. The highest BCUT2D eigenvalue weighted by Crippen LogP contribution is 2.36. The van der Waals surface area contributed by atoms with Gasteiger partial charge in [0.1, 0.15) is 0 Å². The molecule has 0 amide bonds. The topological polar surface area (TPSA) is 64.6 Å². The van der Waals surface area contributed by atoms with Gasteiger partial charge in [-0.25, -0.2) is 9.59 Å². The van der Waals surface area contributed by atoms with Crippen LogP contribution in [0.2, 0.25) is 10.0 Å². The molecule has 5 nitrogen and oxygen atoms in total. The normalized spacial score (nSPS) is 14.5. The van der Waals surface area contributed by atoms with Crippen molar-refractivity contribution in [3.8, 4) is 0 Å². The third-order valence-electron chi connectivity index (χ3n) is 3.66. The first-order chi connectivity index (χ1) is 11.8. The Labute approximate surface area is 156 Å². The molecule has 0 radical (unpaired) electrons. The van der Waals surface area contributed by atoms with Crippen LogP contribution in [0.5, 0.6) is 0 Å². The Morgan fingerprint density at radius 3 is 2.44 bits per heavy atom. The standard InChI is InChI=1S/C18H19Cl2NO4/c1-9(2)25-18(23)13-8-12(17(22)24-4)10(3)21-16(13)11-6-5-7-14(19)15(11)20/h5-7,9,21H,8H2,1-4H3. The van der Waals surface area contributed by atoms with Gasteiger partial charge in [-0.2, -0.15) is 0 Å². The van der Waals surface area contributed by atoms with Crippen LogP contribution >= 0.6 is 23.2 Å². The third kappa shape index (κ3) is 4.17. The molecule has 1 heterocycles. The number of carbonyl (C=O) groups excluding carboxylic acids is 2. The van der Waals surface area contributed by atoms with E-state index < -0.39 is 11.9 Å². The van der Waals surface area contributed by atoms with E-state index in [0.717, 1.165) is 0 Å². The van der Waals surface area contributed by atoms with E-state index in [0.29, 0.717) is 38.1 Å². The van der Waals surface area contributed by atoms with Crippen LogP contribution in [0.15, 0.2) is 35.0 Å². The second-order valence-corrected chi connectivity index (χ2v) is 6.59. The highest BCUT2D eigenvalue weighted by Gasteiger charge is 2.30. The Morgan fingerprint density at radius 1 is 1.16 bits per heavy atom. The van der Waals surface area contributed by atoms with Gasteiger partial charge in [0.15, 0.2) is 0 Å². The van der Waals surface area contributed by atoms with Crippen molar-refractivity contribution < 1.29 is 19.1 Å². The van der Waals surface area contributed by atoms with E-state index in [-0.39, 0.29) is 12.5 Å². The van der Waals surface area contributed by atoms with Crippen molar-refractivity contribution in [2.24, 2.45) is 0 Å². The van der Waals surface area contributed by atoms with E-state index in [4.69, 9.17) is 32.7 Å². The largest absolute Gasteiger partial charge is 0.466 e. The fourth-order valence-corrected chi connectivity index (χ4v) is 2.87. The Hall–Kier alpha value is -1.98. The summed E-state index contributed by atoms with van der Waals surface area (Å²) in [6.07, 6.45) is -0.223. The van der Waals surface area contributed by atoms with Crippen molar-refractivity contribution in [3.63, 3.8) is 0 Å². The quantitative estimate of drug-likeness (QED) is 0.792. The second-order valence-electron chi connectivity index (χ2n) is 5.81. The summed E-state index contributed by atoms with van der Waals surface area (Å²) in [5.41, 5.74) is 2.28. The number of rotatable bonds is 4. The lowest BCUT2D eigenvalue weighted by Gasteiger charge is -2.25. The maximum atomic E-state index is 12.6. The lowest BCUT2D eigenvalue weighted by Crippen LogP contribution is -2.27. The summed E-state index contributed by atoms with van der Waals surface area (Å²) in [5, 5.41) is 3.77. The second kappa shape index (κ2) is 7.93. The molecule has 7 heteroatoms. The predicted molar refractivity (Wildman–Crippen MR) is 97.1 cm³/mol. The molecule has 1 aliphatic heterocycles. The van der Waals surface area contributed by atoms with Gasteiger partial charge in [0.25, 0.3) is 0 Å². The van der Waals surface area contributed by atoms with E-state index in [1.165, 1.54) is 7.11 Å². The molecule has 1 aliphatic rings. The van der Waals surface area contributed by atoms with Crippen LogP contribution in [0.3, 0.4) is 0 Å². The molecule has 0 atom stereocenters. The lowest BCUT2D eigenvalue weighted by atomic mass is 9.94. The van der Waals surface area contributed by atoms with E-state index in [1.807, 2.05) is 0 Å². The van der Waals surface area contributed by atoms with Gasteiger partial charge in [0.05, 0.1) is 40.1 Å². The SMILES string of the molecule is COC(=O)C1=C(C)NC(c2cccc(Cl)c2Cl)=C(C(=O)OC(C)C)C1. The van der Waals surface area contributed by atoms with Crippen molar-refractivity contribution in [3.05, 3.63) is 50.7 Å². The van der Waals surface area contributed by atoms with Crippen molar-refractivity contribution in [1.82, 2.24) is 5.32 Å². The van der Waals surface area contributed by atoms with Crippen LogP contribution in [0.25, 0.3) is 5.70 Å². The zero-order chi connectivity index (χ0) is 18.7. The molecule has 0 saturated carbocycles. The minimum atomic E-state index is -0.526. The fraction of sp³-hybridized carbons (Fsp3) is 0.333. The zero-order valence-electron chi connectivity index (χ0n) is 14.4. The molecule has 134 valence electrons.